The number of benzene rings is 1. The van der Waals surface area contributed by atoms with Crippen molar-refractivity contribution in [1.29, 1.82) is 0 Å². The van der Waals surface area contributed by atoms with Gasteiger partial charge < -0.3 is 18.9 Å². The lowest BCUT2D eigenvalue weighted by Gasteiger charge is -2.34. The number of amides is 2. The van der Waals surface area contributed by atoms with Crippen molar-refractivity contribution >= 4 is 41.0 Å². The number of nitrogens with zero attached hydrogens (tertiary/aromatic N) is 3. The summed E-state index contributed by atoms with van der Waals surface area (Å²) in [6.07, 6.45) is -0.109. The smallest absolute Gasteiger partial charge is 0.443 e. The molecule has 0 N–H and O–H groups in total. The summed E-state index contributed by atoms with van der Waals surface area (Å²) in [5.74, 6) is -0.282. The first kappa shape index (κ1) is 36.4. The Morgan fingerprint density at radius 1 is 0.792 bits per heavy atom. The molecule has 0 spiro atoms. The number of aryl methyl sites for hydroxylation is 1. The maximum absolute atomic E-state index is 14.5. The van der Waals surface area contributed by atoms with Gasteiger partial charge in [-0.1, -0.05) is 20.8 Å². The van der Waals surface area contributed by atoms with Crippen molar-refractivity contribution in [2.45, 2.75) is 119 Å². The van der Waals surface area contributed by atoms with Gasteiger partial charge in [0, 0.05) is 5.69 Å². The number of aromatic nitrogens is 2. The average molecular weight is 664 g/mol. The topological polar surface area (TPSA) is 126 Å². The minimum atomic E-state index is -0.963. The monoisotopic (exact) mass is 663 g/mol. The highest BCUT2D eigenvalue weighted by molar-refractivity contribution is 6.20. The second-order valence-electron chi connectivity index (χ2n) is 16.3. The fourth-order valence-electron chi connectivity index (χ4n) is 5.44. The number of hydrogen-bond donors (Lipinski definition) is 0. The van der Waals surface area contributed by atoms with E-state index in [1.54, 1.807) is 62.3 Å². The summed E-state index contributed by atoms with van der Waals surface area (Å²) in [7, 11) is 0. The lowest BCUT2D eigenvalue weighted by molar-refractivity contribution is 0.0205. The molecule has 1 aromatic carbocycles. The molecule has 2 amide bonds. The van der Waals surface area contributed by atoms with E-state index < -0.39 is 41.1 Å². The Morgan fingerprint density at radius 2 is 1.38 bits per heavy atom. The molecule has 0 unspecified atom stereocenters. The van der Waals surface area contributed by atoms with E-state index in [1.807, 2.05) is 6.07 Å². The number of fused-ring (bicyclic) bond motifs is 2. The molecular weight excluding hydrogens is 614 g/mol. The van der Waals surface area contributed by atoms with E-state index in [0.717, 1.165) is 35.4 Å². The first-order chi connectivity index (χ1) is 21.9. The van der Waals surface area contributed by atoms with Crippen molar-refractivity contribution in [3.05, 3.63) is 53.3 Å². The van der Waals surface area contributed by atoms with Crippen LogP contribution >= 0.6 is 0 Å². The first-order valence-corrected chi connectivity index (χ1v) is 16.3. The molecule has 0 aliphatic heterocycles. The van der Waals surface area contributed by atoms with E-state index in [2.05, 4.69) is 20.8 Å². The molecule has 260 valence electrons. The van der Waals surface area contributed by atoms with E-state index in [0.29, 0.717) is 17.0 Å². The molecule has 4 rings (SSSR count). The normalized spacial score (nSPS) is 15.4. The molecule has 3 aromatic rings. The molecule has 1 atom stereocenters. The average Bonchev–Trinajstić information content (AvgIpc) is 3.27. The second kappa shape index (κ2) is 12.9. The third-order valence-electron chi connectivity index (χ3n) is 7.64. The number of ether oxygens (including phenoxy) is 4. The minimum absolute atomic E-state index is 0.0857. The molecule has 0 radical (unpaired) electrons. The predicted octanol–water partition coefficient (Wildman–Crippen LogP) is 8.87. The summed E-state index contributed by atoms with van der Waals surface area (Å²) >= 11 is 0. The Hall–Kier alpha value is -4.41. The van der Waals surface area contributed by atoms with E-state index >= 15 is 0 Å². The minimum Gasteiger partial charge on any atom is -0.443 e. The van der Waals surface area contributed by atoms with E-state index in [4.69, 9.17) is 23.9 Å². The highest BCUT2D eigenvalue weighted by atomic mass is 16.7. The van der Waals surface area contributed by atoms with Gasteiger partial charge in [-0.15, -0.1) is 0 Å². The quantitative estimate of drug-likeness (QED) is 0.153. The third-order valence-corrected chi connectivity index (χ3v) is 7.64. The molecule has 0 saturated heterocycles. The maximum atomic E-state index is 14.5. The highest BCUT2D eigenvalue weighted by Crippen LogP contribution is 2.38. The molecule has 0 bridgehead atoms. The summed E-state index contributed by atoms with van der Waals surface area (Å²) < 4.78 is 23.1. The Balaban J connectivity index is 1.83. The van der Waals surface area contributed by atoms with Gasteiger partial charge in [0.15, 0.2) is 0 Å². The number of pyridine rings is 1. The van der Waals surface area contributed by atoms with Crippen LogP contribution in [-0.2, 0) is 27.1 Å². The summed E-state index contributed by atoms with van der Waals surface area (Å²) in [5.41, 5.74) is 0.281. The third kappa shape index (κ3) is 8.93. The number of hydrogen-bond acceptors (Lipinski definition) is 9. The van der Waals surface area contributed by atoms with Gasteiger partial charge in [0.1, 0.15) is 28.2 Å². The van der Waals surface area contributed by atoms with Gasteiger partial charge in [-0.2, -0.15) is 0 Å². The Bertz CT molecular complexity index is 1710. The zero-order chi connectivity index (χ0) is 36.0. The Morgan fingerprint density at radius 3 is 1.92 bits per heavy atom. The van der Waals surface area contributed by atoms with Crippen molar-refractivity contribution in [2.24, 2.45) is 11.3 Å². The fourth-order valence-corrected chi connectivity index (χ4v) is 5.44. The zero-order valence-corrected chi connectivity index (χ0v) is 30.3. The van der Waals surface area contributed by atoms with Gasteiger partial charge in [-0.05, 0) is 135 Å². The summed E-state index contributed by atoms with van der Waals surface area (Å²) in [4.78, 5) is 60.0. The fraction of sp³-hybridized carbons (Fsp3) is 0.541. The summed E-state index contributed by atoms with van der Waals surface area (Å²) in [6, 6.07) is 9.15. The molecule has 48 heavy (non-hydrogen) atoms. The Labute approximate surface area is 282 Å². The SMILES string of the molecule is CC(C)(C)OC(=O)Oc1ccc(N(C(=O)OC(C)(C)C)C(=O)c2cc3nc4c(cc3n2C(=O)OC(C)(C)C)C[C@@H](C(C)(C)C)CC4)cc1. The maximum Gasteiger partial charge on any atom is 0.514 e. The van der Waals surface area contributed by atoms with Crippen molar-refractivity contribution < 1.29 is 38.1 Å². The van der Waals surface area contributed by atoms with Gasteiger partial charge >= 0.3 is 18.3 Å². The molecule has 2 aromatic heterocycles. The van der Waals surface area contributed by atoms with Crippen LogP contribution in [0.2, 0.25) is 0 Å². The molecule has 11 nitrogen and oxygen atoms in total. The van der Waals surface area contributed by atoms with Crippen LogP contribution < -0.4 is 9.64 Å². The van der Waals surface area contributed by atoms with Crippen LogP contribution in [0.1, 0.15) is 111 Å². The van der Waals surface area contributed by atoms with Gasteiger partial charge in [0.25, 0.3) is 5.91 Å². The first-order valence-electron chi connectivity index (χ1n) is 16.3. The largest absolute Gasteiger partial charge is 0.514 e. The van der Waals surface area contributed by atoms with Crippen molar-refractivity contribution in [3.8, 4) is 5.75 Å². The van der Waals surface area contributed by atoms with E-state index in [-0.39, 0.29) is 22.5 Å². The van der Waals surface area contributed by atoms with Crippen LogP contribution in [0.25, 0.3) is 11.0 Å². The van der Waals surface area contributed by atoms with Gasteiger partial charge in [0.05, 0.1) is 16.7 Å². The molecule has 0 saturated carbocycles. The van der Waals surface area contributed by atoms with Crippen molar-refractivity contribution in [2.75, 3.05) is 4.90 Å². The standard InChI is InChI=1S/C37H49N3O8/c1-34(2,3)23-13-18-26-22(19-23)20-28-27(38-26)21-29(40(28)32(43)47-36(7,8)9)30(41)39(31(42)46-35(4,5)6)24-14-16-25(17-15-24)45-33(44)48-37(10,11)12/h14-17,20-21,23H,13,18-19H2,1-12H3/t23-/m0/s1. The van der Waals surface area contributed by atoms with Crippen LogP contribution in [0.3, 0.4) is 0 Å². The van der Waals surface area contributed by atoms with Crippen LogP contribution in [0.4, 0.5) is 20.1 Å². The van der Waals surface area contributed by atoms with Crippen molar-refractivity contribution in [3.63, 3.8) is 0 Å². The number of rotatable bonds is 3. The van der Waals surface area contributed by atoms with Gasteiger partial charge in [-0.3, -0.25) is 9.78 Å². The number of carbonyl (C=O) groups is 4. The van der Waals surface area contributed by atoms with Gasteiger partial charge in [0.2, 0.25) is 0 Å². The molecule has 11 heteroatoms. The van der Waals surface area contributed by atoms with Gasteiger partial charge in [-0.25, -0.2) is 23.9 Å². The predicted molar refractivity (Wildman–Crippen MR) is 183 cm³/mol. The zero-order valence-electron chi connectivity index (χ0n) is 30.3. The molecule has 2 heterocycles. The second-order valence-corrected chi connectivity index (χ2v) is 16.3. The molecule has 1 aliphatic carbocycles. The van der Waals surface area contributed by atoms with Crippen molar-refractivity contribution in [1.82, 2.24) is 9.55 Å². The van der Waals surface area contributed by atoms with E-state index in [9.17, 15) is 19.2 Å². The summed E-state index contributed by atoms with van der Waals surface area (Å²) in [6.45, 7) is 22.1. The van der Waals surface area contributed by atoms with E-state index in [1.165, 1.54) is 34.9 Å². The molecule has 0 fully saturated rings. The van der Waals surface area contributed by atoms with Crippen LogP contribution in [0, 0.1) is 11.3 Å². The lowest BCUT2D eigenvalue weighted by atomic mass is 9.71. The Kier molecular flexibility index (Phi) is 9.78. The van der Waals surface area contributed by atoms with Crippen LogP contribution in [0.15, 0.2) is 36.4 Å². The lowest BCUT2D eigenvalue weighted by Crippen LogP contribution is -2.42. The molecular formula is C37H49N3O8. The van der Waals surface area contributed by atoms with Crippen LogP contribution in [0.5, 0.6) is 5.75 Å². The highest BCUT2D eigenvalue weighted by Gasteiger charge is 2.36. The number of carbonyl (C=O) groups excluding carboxylic acids is 4. The number of anilines is 1. The summed E-state index contributed by atoms with van der Waals surface area (Å²) in [5, 5.41) is 0. The van der Waals surface area contributed by atoms with Crippen LogP contribution in [-0.4, -0.2) is 50.6 Å². The molecule has 1 aliphatic rings. The number of imide groups is 1.